The van der Waals surface area contributed by atoms with Crippen molar-refractivity contribution in [3.05, 3.63) is 47.0 Å². The molecule has 1 fully saturated rings. The highest BCUT2D eigenvalue weighted by Gasteiger charge is 2.19. The second kappa shape index (κ2) is 10.5. The zero-order valence-corrected chi connectivity index (χ0v) is 18.4. The van der Waals surface area contributed by atoms with Gasteiger partial charge in [0.25, 0.3) is 5.91 Å². The normalized spacial score (nSPS) is 14.6. The van der Waals surface area contributed by atoms with Gasteiger partial charge < -0.3 is 20.9 Å². The van der Waals surface area contributed by atoms with Gasteiger partial charge in [-0.3, -0.25) is 4.79 Å². The average Bonchev–Trinajstić information content (AvgIpc) is 3.21. The van der Waals surface area contributed by atoms with Crippen LogP contribution in [-0.4, -0.2) is 54.5 Å². The Morgan fingerprint density at radius 2 is 2.11 bits per heavy atom. The van der Waals surface area contributed by atoms with E-state index in [2.05, 4.69) is 25.1 Å². The summed E-state index contributed by atoms with van der Waals surface area (Å²) in [5.41, 5.74) is 7.79. The molecule has 0 atom stereocenters. The Morgan fingerprint density at radius 3 is 2.78 bits per heavy atom. The summed E-state index contributed by atoms with van der Waals surface area (Å²) in [6.45, 7) is 6.41. The Bertz CT molecular complexity index is 759. The fraction of sp³-hybridized carbons (Fsp3) is 0.389. The van der Waals surface area contributed by atoms with Crippen molar-refractivity contribution in [1.29, 1.82) is 0 Å². The molecular formula is C18H25IN6OS. The molecule has 146 valence electrons. The van der Waals surface area contributed by atoms with Crippen molar-refractivity contribution < 1.29 is 4.79 Å². The SMILES string of the molecule is CCNC(=O)c1cccc(CN=C(N)N2CCN(c3nccs3)CC2)c1.I. The molecule has 1 amide bonds. The predicted molar refractivity (Wildman–Crippen MR) is 121 cm³/mol. The van der Waals surface area contributed by atoms with E-state index in [1.165, 1.54) is 0 Å². The van der Waals surface area contributed by atoms with E-state index in [-0.39, 0.29) is 29.9 Å². The van der Waals surface area contributed by atoms with Gasteiger partial charge in [0.1, 0.15) is 0 Å². The van der Waals surface area contributed by atoms with E-state index in [1.807, 2.05) is 36.7 Å². The van der Waals surface area contributed by atoms with Gasteiger partial charge in [-0.05, 0) is 24.6 Å². The first-order valence-corrected chi connectivity index (χ1v) is 9.61. The van der Waals surface area contributed by atoms with Gasteiger partial charge in [0.05, 0.1) is 6.54 Å². The largest absolute Gasteiger partial charge is 0.370 e. The smallest absolute Gasteiger partial charge is 0.251 e. The third-order valence-corrected chi connectivity index (χ3v) is 5.08. The summed E-state index contributed by atoms with van der Waals surface area (Å²) in [7, 11) is 0. The molecule has 0 saturated carbocycles. The van der Waals surface area contributed by atoms with Crippen LogP contribution in [0.25, 0.3) is 0 Å². The first-order valence-electron chi connectivity index (χ1n) is 8.74. The Balaban J connectivity index is 0.00000261. The highest BCUT2D eigenvalue weighted by molar-refractivity contribution is 14.0. The van der Waals surface area contributed by atoms with Crippen molar-refractivity contribution in [2.24, 2.45) is 10.7 Å². The van der Waals surface area contributed by atoms with Gasteiger partial charge in [-0.1, -0.05) is 12.1 Å². The monoisotopic (exact) mass is 500 g/mol. The van der Waals surface area contributed by atoms with Crippen molar-refractivity contribution >= 4 is 52.3 Å². The molecule has 1 aromatic carbocycles. The van der Waals surface area contributed by atoms with Crippen LogP contribution in [-0.2, 0) is 6.54 Å². The number of nitrogens with one attached hydrogen (secondary N) is 1. The van der Waals surface area contributed by atoms with Gasteiger partial charge >= 0.3 is 0 Å². The lowest BCUT2D eigenvalue weighted by Crippen LogP contribution is -2.51. The molecule has 27 heavy (non-hydrogen) atoms. The van der Waals surface area contributed by atoms with Crippen LogP contribution in [0, 0.1) is 0 Å². The van der Waals surface area contributed by atoms with Crippen LogP contribution >= 0.6 is 35.3 Å². The van der Waals surface area contributed by atoms with E-state index in [1.54, 1.807) is 17.4 Å². The fourth-order valence-corrected chi connectivity index (χ4v) is 3.54. The molecule has 1 aliphatic rings. The number of halogens is 1. The maximum Gasteiger partial charge on any atom is 0.251 e. The summed E-state index contributed by atoms with van der Waals surface area (Å²) in [6, 6.07) is 7.50. The number of guanidine groups is 1. The van der Waals surface area contributed by atoms with Gasteiger partial charge in [-0.25, -0.2) is 9.98 Å². The van der Waals surface area contributed by atoms with Crippen LogP contribution in [0.1, 0.15) is 22.8 Å². The summed E-state index contributed by atoms with van der Waals surface area (Å²) < 4.78 is 0. The highest BCUT2D eigenvalue weighted by atomic mass is 127. The van der Waals surface area contributed by atoms with Crippen LogP contribution in [0.5, 0.6) is 0 Å². The molecular weight excluding hydrogens is 475 g/mol. The Labute approximate surface area is 180 Å². The predicted octanol–water partition coefficient (Wildman–Crippen LogP) is 2.15. The maximum absolute atomic E-state index is 11.9. The summed E-state index contributed by atoms with van der Waals surface area (Å²) in [4.78, 5) is 25.1. The summed E-state index contributed by atoms with van der Waals surface area (Å²) in [5, 5.41) is 5.85. The van der Waals surface area contributed by atoms with Crippen molar-refractivity contribution in [2.45, 2.75) is 13.5 Å². The number of benzene rings is 1. The second-order valence-corrected chi connectivity index (χ2v) is 6.90. The number of carbonyl (C=O) groups is 1. The number of carbonyl (C=O) groups excluding carboxylic acids is 1. The molecule has 0 spiro atoms. The summed E-state index contributed by atoms with van der Waals surface area (Å²) in [5.74, 6) is 0.483. The molecule has 1 aliphatic heterocycles. The third kappa shape index (κ3) is 5.80. The number of aliphatic imine (C=N–C) groups is 1. The molecule has 2 aromatic rings. The topological polar surface area (TPSA) is 86.8 Å². The fourth-order valence-electron chi connectivity index (χ4n) is 2.84. The lowest BCUT2D eigenvalue weighted by molar-refractivity contribution is 0.0955. The number of anilines is 1. The molecule has 2 heterocycles. The number of amides is 1. The molecule has 0 aliphatic carbocycles. The zero-order valence-electron chi connectivity index (χ0n) is 15.3. The number of nitrogens with two attached hydrogens (primary N) is 1. The maximum atomic E-state index is 11.9. The van der Waals surface area contributed by atoms with Gasteiger partial charge in [-0.15, -0.1) is 35.3 Å². The van der Waals surface area contributed by atoms with Crippen molar-refractivity contribution in [3.63, 3.8) is 0 Å². The Morgan fingerprint density at radius 1 is 1.33 bits per heavy atom. The standard InChI is InChI=1S/C18H24N6OS.HI/c1-2-20-16(25)15-5-3-4-14(12-15)13-22-17(19)23-7-9-24(10-8-23)18-21-6-11-26-18;/h3-6,11-12H,2,7-10,13H2,1H3,(H2,19,22)(H,20,25);1H. The van der Waals surface area contributed by atoms with Crippen LogP contribution in [0.4, 0.5) is 5.13 Å². The summed E-state index contributed by atoms with van der Waals surface area (Å²) in [6.07, 6.45) is 1.83. The van der Waals surface area contributed by atoms with Crippen LogP contribution < -0.4 is 16.0 Å². The van der Waals surface area contributed by atoms with Crippen molar-refractivity contribution in [3.8, 4) is 0 Å². The molecule has 3 N–H and O–H groups in total. The van der Waals surface area contributed by atoms with E-state index in [0.29, 0.717) is 24.6 Å². The molecule has 0 radical (unpaired) electrons. The zero-order chi connectivity index (χ0) is 18.4. The number of aromatic nitrogens is 1. The number of hydrogen-bond donors (Lipinski definition) is 2. The Kier molecular flexibility index (Phi) is 8.29. The van der Waals surface area contributed by atoms with Gasteiger partial charge in [-0.2, -0.15) is 0 Å². The molecule has 0 bridgehead atoms. The molecule has 1 aromatic heterocycles. The molecule has 7 nitrogen and oxygen atoms in total. The number of nitrogens with zero attached hydrogens (tertiary/aromatic N) is 4. The van der Waals surface area contributed by atoms with Crippen molar-refractivity contribution in [2.75, 3.05) is 37.6 Å². The third-order valence-electron chi connectivity index (χ3n) is 4.24. The number of thiazole rings is 1. The van der Waals surface area contributed by atoms with Gasteiger partial charge in [0, 0.05) is 49.9 Å². The molecule has 3 rings (SSSR count). The highest BCUT2D eigenvalue weighted by Crippen LogP contribution is 2.18. The number of rotatable bonds is 5. The van der Waals surface area contributed by atoms with Crippen LogP contribution in [0.3, 0.4) is 0 Å². The molecule has 1 saturated heterocycles. The quantitative estimate of drug-likeness (QED) is 0.374. The van der Waals surface area contributed by atoms with Gasteiger partial charge in [0.2, 0.25) is 0 Å². The van der Waals surface area contributed by atoms with E-state index >= 15 is 0 Å². The minimum Gasteiger partial charge on any atom is -0.370 e. The molecule has 0 unspecified atom stereocenters. The van der Waals surface area contributed by atoms with E-state index in [0.717, 1.165) is 36.9 Å². The van der Waals surface area contributed by atoms with Crippen molar-refractivity contribution in [1.82, 2.24) is 15.2 Å². The van der Waals surface area contributed by atoms with Crippen LogP contribution in [0.15, 0.2) is 40.8 Å². The second-order valence-electron chi connectivity index (χ2n) is 6.02. The minimum atomic E-state index is -0.0652. The number of piperazine rings is 1. The first-order chi connectivity index (χ1) is 12.7. The lowest BCUT2D eigenvalue weighted by Gasteiger charge is -2.35. The molecule has 9 heteroatoms. The van der Waals surface area contributed by atoms with E-state index in [9.17, 15) is 4.79 Å². The average molecular weight is 500 g/mol. The van der Waals surface area contributed by atoms with E-state index < -0.39 is 0 Å². The Hall–Kier alpha value is -1.88. The first kappa shape index (κ1) is 21.4. The number of hydrogen-bond acceptors (Lipinski definition) is 5. The van der Waals surface area contributed by atoms with E-state index in [4.69, 9.17) is 5.73 Å². The van der Waals surface area contributed by atoms with Gasteiger partial charge in [0.15, 0.2) is 11.1 Å². The minimum absolute atomic E-state index is 0. The lowest BCUT2D eigenvalue weighted by atomic mass is 10.1. The van der Waals surface area contributed by atoms with Crippen LogP contribution in [0.2, 0.25) is 0 Å². The summed E-state index contributed by atoms with van der Waals surface area (Å²) >= 11 is 1.66.